The summed E-state index contributed by atoms with van der Waals surface area (Å²) < 4.78 is 27.2. The van der Waals surface area contributed by atoms with Crippen LogP contribution in [0.25, 0.3) is 0 Å². The Labute approximate surface area is 203 Å². The van der Waals surface area contributed by atoms with Crippen LogP contribution in [0.2, 0.25) is 0 Å². The van der Waals surface area contributed by atoms with Gasteiger partial charge in [0.1, 0.15) is 0 Å². The molecule has 1 aliphatic heterocycles. The first-order valence-corrected chi connectivity index (χ1v) is 11.9. The van der Waals surface area contributed by atoms with Crippen LogP contribution in [0, 0.1) is 0 Å². The number of benzene rings is 2. The summed E-state index contributed by atoms with van der Waals surface area (Å²) >= 11 is 0. The second kappa shape index (κ2) is 13.0. The van der Waals surface area contributed by atoms with E-state index in [9.17, 15) is 8.42 Å². The van der Waals surface area contributed by atoms with E-state index in [2.05, 4.69) is 49.1 Å². The molecule has 1 fully saturated rings. The van der Waals surface area contributed by atoms with E-state index in [1.54, 1.807) is 7.05 Å². The van der Waals surface area contributed by atoms with Gasteiger partial charge >= 0.3 is 0 Å². The molecule has 2 N–H and O–H groups in total. The SMILES string of the molecule is CN=C(NCCS(=O)(=O)NCc1ccccc1)N1CCN(Cc2ccccc2)CC1.I. The van der Waals surface area contributed by atoms with Crippen LogP contribution < -0.4 is 10.0 Å². The zero-order valence-electron chi connectivity index (χ0n) is 17.9. The minimum Gasteiger partial charge on any atom is -0.355 e. The zero-order chi connectivity index (χ0) is 21.2. The first-order chi connectivity index (χ1) is 14.6. The Balaban J connectivity index is 0.00000341. The van der Waals surface area contributed by atoms with Gasteiger partial charge in [-0.25, -0.2) is 13.1 Å². The van der Waals surface area contributed by atoms with Crippen molar-refractivity contribution < 1.29 is 8.42 Å². The van der Waals surface area contributed by atoms with Crippen LogP contribution >= 0.6 is 24.0 Å². The highest BCUT2D eigenvalue weighted by molar-refractivity contribution is 14.0. The van der Waals surface area contributed by atoms with Crippen molar-refractivity contribution in [2.75, 3.05) is 45.5 Å². The third kappa shape index (κ3) is 8.76. The Hall–Kier alpha value is -1.69. The number of halogens is 1. The fourth-order valence-corrected chi connectivity index (χ4v) is 4.35. The molecule has 2 aromatic rings. The second-order valence-corrected chi connectivity index (χ2v) is 9.27. The van der Waals surface area contributed by atoms with E-state index in [1.165, 1.54) is 5.56 Å². The van der Waals surface area contributed by atoms with Crippen LogP contribution in [0.5, 0.6) is 0 Å². The van der Waals surface area contributed by atoms with Crippen molar-refractivity contribution in [3.8, 4) is 0 Å². The van der Waals surface area contributed by atoms with Gasteiger partial charge < -0.3 is 10.2 Å². The summed E-state index contributed by atoms with van der Waals surface area (Å²) in [6.07, 6.45) is 0. The molecule has 2 aromatic carbocycles. The van der Waals surface area contributed by atoms with E-state index in [0.29, 0.717) is 13.1 Å². The van der Waals surface area contributed by atoms with E-state index in [-0.39, 0.29) is 29.7 Å². The second-order valence-electron chi connectivity index (χ2n) is 7.35. The van der Waals surface area contributed by atoms with Gasteiger partial charge in [-0.05, 0) is 11.1 Å². The average molecular weight is 558 g/mol. The fourth-order valence-electron chi connectivity index (χ4n) is 3.45. The molecule has 7 nitrogen and oxygen atoms in total. The van der Waals surface area contributed by atoms with Crippen LogP contribution in [0.1, 0.15) is 11.1 Å². The summed E-state index contributed by atoms with van der Waals surface area (Å²) in [4.78, 5) is 8.95. The molecule has 9 heteroatoms. The maximum atomic E-state index is 12.3. The van der Waals surface area contributed by atoms with Crippen LogP contribution in [0.4, 0.5) is 0 Å². The van der Waals surface area contributed by atoms with Crippen LogP contribution in [0.15, 0.2) is 65.7 Å². The molecular weight excluding hydrogens is 525 g/mol. The quantitative estimate of drug-likeness (QED) is 0.296. The van der Waals surface area contributed by atoms with E-state index < -0.39 is 10.0 Å². The summed E-state index contributed by atoms with van der Waals surface area (Å²) in [5.74, 6) is 0.764. The number of sulfonamides is 1. The standard InChI is InChI=1S/C22H31N5O2S.HI/c1-23-22(24-12-17-30(28,29)25-18-20-8-4-2-5-9-20)27-15-13-26(14-16-27)19-21-10-6-3-7-11-21;/h2-11,25H,12-19H2,1H3,(H,23,24);1H. The van der Waals surface area contributed by atoms with E-state index >= 15 is 0 Å². The highest BCUT2D eigenvalue weighted by Gasteiger charge is 2.20. The predicted molar refractivity (Wildman–Crippen MR) is 137 cm³/mol. The summed E-state index contributed by atoms with van der Waals surface area (Å²) in [7, 11) is -1.62. The number of nitrogens with one attached hydrogen (secondary N) is 2. The Morgan fingerprint density at radius 2 is 1.52 bits per heavy atom. The highest BCUT2D eigenvalue weighted by atomic mass is 127. The number of nitrogens with zero attached hydrogens (tertiary/aromatic N) is 3. The molecule has 0 atom stereocenters. The van der Waals surface area contributed by atoms with Gasteiger partial charge in [0.05, 0.1) is 5.75 Å². The number of rotatable bonds is 8. The van der Waals surface area contributed by atoms with Gasteiger partial charge in [-0.3, -0.25) is 9.89 Å². The number of guanidine groups is 1. The van der Waals surface area contributed by atoms with Crippen molar-refractivity contribution in [3.05, 3.63) is 71.8 Å². The molecule has 0 spiro atoms. The lowest BCUT2D eigenvalue weighted by molar-refractivity contribution is 0.172. The minimum absolute atomic E-state index is 0. The summed E-state index contributed by atoms with van der Waals surface area (Å²) in [5.41, 5.74) is 2.26. The van der Waals surface area contributed by atoms with Crippen molar-refractivity contribution >= 4 is 40.0 Å². The first-order valence-electron chi connectivity index (χ1n) is 10.3. The predicted octanol–water partition coefficient (Wildman–Crippen LogP) is 2.12. The number of aliphatic imine (C=N–C) groups is 1. The lowest BCUT2D eigenvalue weighted by Crippen LogP contribution is -2.52. The van der Waals surface area contributed by atoms with E-state index in [0.717, 1.165) is 44.2 Å². The summed E-state index contributed by atoms with van der Waals surface area (Å²) in [6.45, 7) is 5.21. The number of hydrogen-bond donors (Lipinski definition) is 2. The monoisotopic (exact) mass is 557 g/mol. The van der Waals surface area contributed by atoms with Crippen molar-refractivity contribution in [2.24, 2.45) is 4.99 Å². The van der Waals surface area contributed by atoms with E-state index in [4.69, 9.17) is 0 Å². The van der Waals surface area contributed by atoms with Crippen molar-refractivity contribution in [3.63, 3.8) is 0 Å². The topological polar surface area (TPSA) is 77.0 Å². The van der Waals surface area contributed by atoms with Gasteiger partial charge in [0, 0.05) is 52.9 Å². The average Bonchev–Trinajstić information content (AvgIpc) is 2.78. The van der Waals surface area contributed by atoms with Gasteiger partial charge in [0.15, 0.2) is 5.96 Å². The maximum absolute atomic E-state index is 12.3. The fraction of sp³-hybridized carbons (Fsp3) is 0.409. The lowest BCUT2D eigenvalue weighted by atomic mass is 10.2. The number of hydrogen-bond acceptors (Lipinski definition) is 4. The van der Waals surface area contributed by atoms with Gasteiger partial charge in [-0.1, -0.05) is 60.7 Å². The van der Waals surface area contributed by atoms with E-state index in [1.807, 2.05) is 36.4 Å². The Bertz CT molecular complexity index is 902. The third-order valence-corrected chi connectivity index (χ3v) is 6.45. The molecule has 31 heavy (non-hydrogen) atoms. The van der Waals surface area contributed by atoms with Gasteiger partial charge in [-0.15, -0.1) is 24.0 Å². The van der Waals surface area contributed by atoms with Crippen LogP contribution in [0.3, 0.4) is 0 Å². The summed E-state index contributed by atoms with van der Waals surface area (Å²) in [6, 6.07) is 20.0. The normalized spacial score (nSPS) is 15.4. The molecule has 1 heterocycles. The first kappa shape index (κ1) is 25.6. The van der Waals surface area contributed by atoms with Gasteiger partial charge in [-0.2, -0.15) is 0 Å². The zero-order valence-corrected chi connectivity index (χ0v) is 21.1. The van der Waals surface area contributed by atoms with Crippen LogP contribution in [-0.2, 0) is 23.1 Å². The summed E-state index contributed by atoms with van der Waals surface area (Å²) in [5, 5.41) is 3.20. The lowest BCUT2D eigenvalue weighted by Gasteiger charge is -2.36. The maximum Gasteiger partial charge on any atom is 0.213 e. The molecule has 0 radical (unpaired) electrons. The molecule has 0 bridgehead atoms. The molecular formula is C22H32IN5O2S. The molecule has 0 aromatic heterocycles. The Kier molecular flexibility index (Phi) is 10.7. The van der Waals surface area contributed by atoms with Crippen molar-refractivity contribution in [2.45, 2.75) is 13.1 Å². The van der Waals surface area contributed by atoms with Gasteiger partial charge in [0.2, 0.25) is 10.0 Å². The molecule has 1 aliphatic rings. The van der Waals surface area contributed by atoms with Crippen molar-refractivity contribution in [1.82, 2.24) is 19.8 Å². The molecule has 0 unspecified atom stereocenters. The largest absolute Gasteiger partial charge is 0.355 e. The Morgan fingerprint density at radius 3 is 2.10 bits per heavy atom. The molecule has 170 valence electrons. The van der Waals surface area contributed by atoms with Gasteiger partial charge in [0.25, 0.3) is 0 Å². The smallest absolute Gasteiger partial charge is 0.213 e. The molecule has 1 saturated heterocycles. The molecule has 0 saturated carbocycles. The van der Waals surface area contributed by atoms with Crippen LogP contribution in [-0.4, -0.2) is 69.7 Å². The minimum atomic E-state index is -3.35. The number of piperazine rings is 1. The molecule has 0 amide bonds. The highest BCUT2D eigenvalue weighted by Crippen LogP contribution is 2.08. The Morgan fingerprint density at radius 1 is 0.935 bits per heavy atom. The molecule has 3 rings (SSSR count). The molecule has 0 aliphatic carbocycles. The third-order valence-electron chi connectivity index (χ3n) is 5.13. The van der Waals surface area contributed by atoms with Crippen molar-refractivity contribution in [1.29, 1.82) is 0 Å².